The summed E-state index contributed by atoms with van der Waals surface area (Å²) in [5.41, 5.74) is 5.42. The highest BCUT2D eigenvalue weighted by molar-refractivity contribution is 9.10. The number of hydrogen-bond acceptors (Lipinski definition) is 4. The van der Waals surface area contributed by atoms with Gasteiger partial charge in [-0.3, -0.25) is 4.79 Å². The van der Waals surface area contributed by atoms with Gasteiger partial charge in [0, 0.05) is 27.6 Å². The molecule has 0 aliphatic rings. The van der Waals surface area contributed by atoms with Crippen LogP contribution in [0.3, 0.4) is 0 Å². The molecule has 6 nitrogen and oxygen atoms in total. The van der Waals surface area contributed by atoms with E-state index in [2.05, 4.69) is 31.4 Å². The summed E-state index contributed by atoms with van der Waals surface area (Å²) in [5.74, 6) is 1.14. The maximum atomic E-state index is 11.9. The van der Waals surface area contributed by atoms with Crippen molar-refractivity contribution in [2.75, 3.05) is 6.61 Å². The van der Waals surface area contributed by atoms with Crippen LogP contribution in [0.25, 0.3) is 5.82 Å². The number of carbonyl (C=O) groups is 1. The van der Waals surface area contributed by atoms with Gasteiger partial charge in [-0.15, -0.1) is 0 Å². The molecule has 1 aromatic carbocycles. The number of benzene rings is 1. The van der Waals surface area contributed by atoms with E-state index in [0.29, 0.717) is 5.75 Å². The Morgan fingerprint density at radius 3 is 2.74 bits per heavy atom. The molecule has 0 unspecified atom stereocenters. The quantitative estimate of drug-likeness (QED) is 0.481. The molecule has 0 fully saturated rings. The first-order chi connectivity index (χ1) is 13.0. The highest BCUT2D eigenvalue weighted by Gasteiger charge is 2.10. The number of hydrazone groups is 1. The standard InChI is InChI=1S/C20H19BrN4O2/c1-14-11-16(15(2)25(14)19-5-3-4-10-22-19)12-23-24-20(26)13-27-18-8-6-17(21)7-9-18/h3-12H,13H2,1-2H3,(H,24,26)/b23-12-. The molecule has 0 spiro atoms. The molecule has 0 aliphatic carbocycles. The number of pyridine rings is 1. The fourth-order valence-corrected chi connectivity index (χ4v) is 2.91. The Kier molecular flexibility index (Phi) is 6.03. The lowest BCUT2D eigenvalue weighted by Crippen LogP contribution is -2.24. The first-order valence-corrected chi connectivity index (χ1v) is 9.14. The monoisotopic (exact) mass is 426 g/mol. The van der Waals surface area contributed by atoms with E-state index in [4.69, 9.17) is 4.74 Å². The number of halogens is 1. The molecule has 27 heavy (non-hydrogen) atoms. The smallest absolute Gasteiger partial charge is 0.277 e. The lowest BCUT2D eigenvalue weighted by atomic mass is 10.3. The topological polar surface area (TPSA) is 68.5 Å². The second-order valence-corrected chi connectivity index (χ2v) is 6.80. The van der Waals surface area contributed by atoms with Gasteiger partial charge in [0.1, 0.15) is 11.6 Å². The fourth-order valence-electron chi connectivity index (χ4n) is 2.64. The summed E-state index contributed by atoms with van der Waals surface area (Å²) < 4.78 is 8.40. The summed E-state index contributed by atoms with van der Waals surface area (Å²) in [7, 11) is 0. The van der Waals surface area contributed by atoms with Crippen LogP contribution in [0, 0.1) is 13.8 Å². The lowest BCUT2D eigenvalue weighted by Gasteiger charge is -2.07. The largest absolute Gasteiger partial charge is 0.484 e. The predicted octanol–water partition coefficient (Wildman–Crippen LogP) is 3.78. The number of nitrogens with one attached hydrogen (secondary N) is 1. The Balaban J connectivity index is 1.60. The summed E-state index contributed by atoms with van der Waals surface area (Å²) in [6.07, 6.45) is 3.38. The van der Waals surface area contributed by atoms with Crippen LogP contribution in [0.2, 0.25) is 0 Å². The predicted molar refractivity (Wildman–Crippen MR) is 108 cm³/mol. The van der Waals surface area contributed by atoms with Crippen molar-refractivity contribution in [3.8, 4) is 11.6 Å². The van der Waals surface area contributed by atoms with Crippen LogP contribution >= 0.6 is 15.9 Å². The van der Waals surface area contributed by atoms with Gasteiger partial charge >= 0.3 is 0 Å². The number of aryl methyl sites for hydroxylation is 1. The van der Waals surface area contributed by atoms with Gasteiger partial charge < -0.3 is 9.30 Å². The van der Waals surface area contributed by atoms with Crippen LogP contribution in [0.4, 0.5) is 0 Å². The SMILES string of the molecule is Cc1cc(/C=N\NC(=O)COc2ccc(Br)cc2)c(C)n1-c1ccccn1. The summed E-state index contributed by atoms with van der Waals surface area (Å²) >= 11 is 3.35. The Morgan fingerprint density at radius 2 is 2.04 bits per heavy atom. The zero-order valence-corrected chi connectivity index (χ0v) is 16.6. The summed E-state index contributed by atoms with van der Waals surface area (Å²) in [4.78, 5) is 16.3. The molecule has 3 aromatic rings. The minimum atomic E-state index is -0.326. The van der Waals surface area contributed by atoms with Crippen LogP contribution in [0.5, 0.6) is 5.75 Å². The van der Waals surface area contributed by atoms with E-state index in [1.54, 1.807) is 24.5 Å². The summed E-state index contributed by atoms with van der Waals surface area (Å²) in [6, 6.07) is 15.0. The Labute approximate surface area is 166 Å². The molecular formula is C20H19BrN4O2. The number of carbonyl (C=O) groups excluding carboxylic acids is 1. The Bertz CT molecular complexity index is 950. The third-order valence-electron chi connectivity index (χ3n) is 3.93. The van der Waals surface area contributed by atoms with Crippen molar-refractivity contribution in [1.82, 2.24) is 15.0 Å². The van der Waals surface area contributed by atoms with Gasteiger partial charge in [0.05, 0.1) is 6.21 Å². The molecule has 0 aliphatic heterocycles. The summed E-state index contributed by atoms with van der Waals surface area (Å²) in [6.45, 7) is 3.89. The zero-order valence-electron chi connectivity index (χ0n) is 15.0. The lowest BCUT2D eigenvalue weighted by molar-refractivity contribution is -0.123. The van der Waals surface area contributed by atoms with E-state index >= 15 is 0 Å². The maximum absolute atomic E-state index is 11.9. The highest BCUT2D eigenvalue weighted by atomic mass is 79.9. The second-order valence-electron chi connectivity index (χ2n) is 5.89. The molecule has 0 atom stereocenters. The molecule has 0 saturated carbocycles. The molecule has 138 valence electrons. The van der Waals surface area contributed by atoms with Crippen molar-refractivity contribution in [3.63, 3.8) is 0 Å². The average molecular weight is 427 g/mol. The molecule has 3 rings (SSSR count). The molecule has 2 heterocycles. The van der Waals surface area contributed by atoms with Crippen molar-refractivity contribution < 1.29 is 9.53 Å². The van der Waals surface area contributed by atoms with E-state index in [0.717, 1.165) is 27.2 Å². The molecule has 7 heteroatoms. The normalized spacial score (nSPS) is 10.9. The number of ether oxygens (including phenoxy) is 1. The van der Waals surface area contributed by atoms with Gasteiger partial charge in [-0.2, -0.15) is 5.10 Å². The molecule has 2 aromatic heterocycles. The van der Waals surface area contributed by atoms with Crippen molar-refractivity contribution >= 4 is 28.1 Å². The minimum absolute atomic E-state index is 0.105. The second kappa shape index (κ2) is 8.64. The molecule has 0 bridgehead atoms. The Hall–Kier alpha value is -2.93. The maximum Gasteiger partial charge on any atom is 0.277 e. The van der Waals surface area contributed by atoms with E-state index in [1.807, 2.05) is 54.8 Å². The summed E-state index contributed by atoms with van der Waals surface area (Å²) in [5, 5.41) is 4.03. The van der Waals surface area contributed by atoms with Crippen LogP contribution in [0.15, 0.2) is 64.3 Å². The van der Waals surface area contributed by atoms with Gasteiger partial charge in [-0.25, -0.2) is 10.4 Å². The van der Waals surface area contributed by atoms with Crippen molar-refractivity contribution in [3.05, 3.63) is 76.2 Å². The van der Waals surface area contributed by atoms with Crippen molar-refractivity contribution in [2.24, 2.45) is 5.10 Å². The van der Waals surface area contributed by atoms with Gasteiger partial charge in [0.2, 0.25) is 0 Å². The van der Waals surface area contributed by atoms with E-state index in [-0.39, 0.29) is 12.5 Å². The number of amides is 1. The number of rotatable bonds is 6. The van der Waals surface area contributed by atoms with Crippen molar-refractivity contribution in [1.29, 1.82) is 0 Å². The van der Waals surface area contributed by atoms with E-state index in [9.17, 15) is 4.79 Å². The first-order valence-electron chi connectivity index (χ1n) is 8.35. The fraction of sp³-hybridized carbons (Fsp3) is 0.150. The van der Waals surface area contributed by atoms with E-state index in [1.165, 1.54) is 0 Å². The molecule has 0 saturated heterocycles. The average Bonchev–Trinajstić information content (AvgIpc) is 2.95. The number of aromatic nitrogens is 2. The van der Waals surface area contributed by atoms with Crippen LogP contribution in [0.1, 0.15) is 17.0 Å². The van der Waals surface area contributed by atoms with Gasteiger partial charge in [0.15, 0.2) is 6.61 Å². The number of hydrogen-bond donors (Lipinski definition) is 1. The van der Waals surface area contributed by atoms with Gasteiger partial charge in [-0.1, -0.05) is 22.0 Å². The van der Waals surface area contributed by atoms with Gasteiger partial charge in [0.25, 0.3) is 5.91 Å². The third-order valence-corrected chi connectivity index (χ3v) is 4.45. The first kappa shape index (κ1) is 18.8. The van der Waals surface area contributed by atoms with Crippen LogP contribution < -0.4 is 10.2 Å². The van der Waals surface area contributed by atoms with Crippen molar-refractivity contribution in [2.45, 2.75) is 13.8 Å². The van der Waals surface area contributed by atoms with E-state index < -0.39 is 0 Å². The molecule has 1 amide bonds. The van der Waals surface area contributed by atoms with Crippen LogP contribution in [-0.2, 0) is 4.79 Å². The molecule has 0 radical (unpaired) electrons. The third kappa shape index (κ3) is 4.83. The van der Waals surface area contributed by atoms with Gasteiger partial charge in [-0.05, 0) is 56.3 Å². The minimum Gasteiger partial charge on any atom is -0.484 e. The van der Waals surface area contributed by atoms with Crippen LogP contribution in [-0.4, -0.2) is 28.3 Å². The molecular weight excluding hydrogens is 408 g/mol. The number of nitrogens with zero attached hydrogens (tertiary/aromatic N) is 3. The highest BCUT2D eigenvalue weighted by Crippen LogP contribution is 2.18. The molecule has 1 N–H and O–H groups in total. The Morgan fingerprint density at radius 1 is 1.26 bits per heavy atom. The zero-order chi connectivity index (χ0) is 19.2.